The van der Waals surface area contributed by atoms with E-state index in [-0.39, 0.29) is 11.5 Å². The average molecular weight is 353 g/mol. The number of rotatable bonds is 7. The molecule has 0 aliphatic carbocycles. The molecule has 1 N–H and O–H groups in total. The summed E-state index contributed by atoms with van der Waals surface area (Å²) < 4.78 is 15.7. The Morgan fingerprint density at radius 2 is 1.88 bits per heavy atom. The highest BCUT2D eigenvalue weighted by molar-refractivity contribution is 5.98. The fraction of sp³-hybridized carbons (Fsp3) is 0.200. The molecule has 26 heavy (non-hydrogen) atoms. The van der Waals surface area contributed by atoms with Crippen LogP contribution in [0.2, 0.25) is 0 Å². The third kappa shape index (κ3) is 3.69. The minimum atomic E-state index is -0.0194. The van der Waals surface area contributed by atoms with E-state index in [4.69, 9.17) is 13.9 Å². The Bertz CT molecular complexity index is 916. The van der Waals surface area contributed by atoms with Crippen molar-refractivity contribution in [2.45, 2.75) is 12.8 Å². The Morgan fingerprint density at radius 1 is 1.12 bits per heavy atom. The molecule has 0 aliphatic rings. The number of para-hydroxylation sites is 1. The minimum Gasteiger partial charge on any atom is -0.504 e. The van der Waals surface area contributed by atoms with Crippen molar-refractivity contribution in [1.82, 2.24) is 4.98 Å². The van der Waals surface area contributed by atoms with Gasteiger partial charge in [-0.2, -0.15) is 0 Å². The van der Waals surface area contributed by atoms with Crippen molar-refractivity contribution in [3.05, 3.63) is 60.0 Å². The number of aryl methyl sites for hydroxylation is 1. The third-order valence-corrected chi connectivity index (χ3v) is 3.99. The molecule has 0 bridgehead atoms. The highest BCUT2D eigenvalue weighted by Crippen LogP contribution is 2.31. The zero-order valence-corrected chi connectivity index (χ0v) is 14.6. The lowest BCUT2D eigenvalue weighted by Gasteiger charge is -2.06. The maximum absolute atomic E-state index is 12.4. The molecule has 0 atom stereocenters. The maximum atomic E-state index is 12.4. The molecule has 134 valence electrons. The first-order valence-corrected chi connectivity index (χ1v) is 8.10. The second-order valence-corrected chi connectivity index (χ2v) is 5.65. The van der Waals surface area contributed by atoms with Gasteiger partial charge in [0, 0.05) is 18.4 Å². The van der Waals surface area contributed by atoms with Gasteiger partial charge in [0.25, 0.3) is 0 Å². The van der Waals surface area contributed by atoms with E-state index in [0.717, 1.165) is 0 Å². The molecule has 1 aromatic heterocycles. The van der Waals surface area contributed by atoms with Gasteiger partial charge in [-0.3, -0.25) is 4.79 Å². The van der Waals surface area contributed by atoms with Crippen molar-refractivity contribution in [2.24, 2.45) is 0 Å². The Balaban J connectivity index is 1.69. The van der Waals surface area contributed by atoms with Gasteiger partial charge in [-0.1, -0.05) is 12.1 Å². The van der Waals surface area contributed by atoms with E-state index in [1.807, 2.05) is 6.07 Å². The van der Waals surface area contributed by atoms with E-state index in [1.54, 1.807) is 37.4 Å². The molecule has 6 nitrogen and oxygen atoms in total. The molecule has 0 saturated carbocycles. The van der Waals surface area contributed by atoms with Crippen LogP contribution in [0.25, 0.3) is 11.5 Å². The lowest BCUT2D eigenvalue weighted by Crippen LogP contribution is -2.03. The smallest absolute Gasteiger partial charge is 0.226 e. The number of phenols is 1. The molecule has 0 unspecified atom stereocenters. The van der Waals surface area contributed by atoms with Gasteiger partial charge in [0.1, 0.15) is 12.0 Å². The van der Waals surface area contributed by atoms with Crippen molar-refractivity contribution in [3.8, 4) is 28.7 Å². The number of nitrogens with zero attached hydrogens (tertiary/aromatic N) is 1. The van der Waals surface area contributed by atoms with Gasteiger partial charge in [0.2, 0.25) is 5.89 Å². The zero-order valence-electron chi connectivity index (χ0n) is 14.6. The highest BCUT2D eigenvalue weighted by atomic mass is 16.5. The van der Waals surface area contributed by atoms with E-state index < -0.39 is 0 Å². The molecule has 0 amide bonds. The first-order chi connectivity index (χ1) is 12.6. The summed E-state index contributed by atoms with van der Waals surface area (Å²) in [6.45, 7) is 0. The Hall–Kier alpha value is -3.28. The zero-order chi connectivity index (χ0) is 18.5. The van der Waals surface area contributed by atoms with E-state index in [2.05, 4.69) is 4.98 Å². The van der Waals surface area contributed by atoms with Crippen LogP contribution in [0.3, 0.4) is 0 Å². The van der Waals surface area contributed by atoms with Crippen molar-refractivity contribution >= 4 is 5.78 Å². The predicted octanol–water partition coefficient (Wildman–Crippen LogP) is 3.88. The minimum absolute atomic E-state index is 0.0103. The molecule has 0 fully saturated rings. The number of aromatic hydroxyl groups is 1. The number of ketones is 1. The van der Waals surface area contributed by atoms with Crippen molar-refractivity contribution < 1.29 is 23.8 Å². The van der Waals surface area contributed by atoms with Crippen LogP contribution in [-0.4, -0.2) is 30.1 Å². The van der Waals surface area contributed by atoms with Crippen molar-refractivity contribution in [1.29, 1.82) is 0 Å². The molecule has 0 aliphatic heterocycles. The predicted molar refractivity (Wildman–Crippen MR) is 95.8 cm³/mol. The number of benzene rings is 2. The summed E-state index contributed by atoms with van der Waals surface area (Å²) in [6, 6.07) is 12.0. The first-order valence-electron chi connectivity index (χ1n) is 8.10. The number of hydrogen-bond donors (Lipinski definition) is 1. The SMILES string of the molecule is COc1ccc(-c2nc(CCC(=O)c3ccccc3OC)co2)cc1O. The molecule has 0 saturated heterocycles. The second kappa shape index (κ2) is 7.74. The fourth-order valence-corrected chi connectivity index (χ4v) is 2.63. The lowest BCUT2D eigenvalue weighted by molar-refractivity contribution is 0.0979. The monoisotopic (exact) mass is 353 g/mol. The second-order valence-electron chi connectivity index (χ2n) is 5.65. The quantitative estimate of drug-likeness (QED) is 0.649. The maximum Gasteiger partial charge on any atom is 0.226 e. The standard InChI is InChI=1S/C20H19NO5/c1-24-18-6-4-3-5-15(18)16(22)9-8-14-12-26-20(21-14)13-7-10-19(25-2)17(23)11-13/h3-7,10-12,23H,8-9H2,1-2H3. The van der Waals surface area contributed by atoms with E-state index in [1.165, 1.54) is 19.4 Å². The summed E-state index contributed by atoms with van der Waals surface area (Å²) in [7, 11) is 3.02. The van der Waals surface area contributed by atoms with Crippen LogP contribution >= 0.6 is 0 Å². The molecular weight excluding hydrogens is 334 g/mol. The molecule has 1 heterocycles. The van der Waals surface area contributed by atoms with Crippen LogP contribution in [0.1, 0.15) is 22.5 Å². The Morgan fingerprint density at radius 3 is 2.62 bits per heavy atom. The summed E-state index contributed by atoms with van der Waals surface area (Å²) in [4.78, 5) is 16.8. The van der Waals surface area contributed by atoms with Gasteiger partial charge in [0.05, 0.1) is 25.5 Å². The summed E-state index contributed by atoms with van der Waals surface area (Å²) >= 11 is 0. The van der Waals surface area contributed by atoms with Crippen molar-refractivity contribution in [2.75, 3.05) is 14.2 Å². The van der Waals surface area contributed by atoms with Gasteiger partial charge in [-0.15, -0.1) is 0 Å². The molecule has 6 heteroatoms. The number of Topliss-reactive ketones (excluding diaryl/α,β-unsaturated/α-hetero) is 1. The molecule has 2 aromatic carbocycles. The van der Waals surface area contributed by atoms with Crippen LogP contribution in [0.5, 0.6) is 17.2 Å². The molecule has 0 radical (unpaired) electrons. The number of methoxy groups -OCH3 is 2. The largest absolute Gasteiger partial charge is 0.504 e. The Labute approximate surface area is 151 Å². The van der Waals surface area contributed by atoms with Crippen LogP contribution in [0, 0.1) is 0 Å². The lowest BCUT2D eigenvalue weighted by atomic mass is 10.0. The summed E-state index contributed by atoms with van der Waals surface area (Å²) in [5, 5.41) is 9.86. The third-order valence-electron chi connectivity index (χ3n) is 3.99. The summed E-state index contributed by atoms with van der Waals surface area (Å²) in [5.74, 6) is 1.31. The van der Waals surface area contributed by atoms with Gasteiger partial charge in [-0.25, -0.2) is 4.98 Å². The van der Waals surface area contributed by atoms with E-state index in [9.17, 15) is 9.90 Å². The number of carbonyl (C=O) groups excluding carboxylic acids is 1. The highest BCUT2D eigenvalue weighted by Gasteiger charge is 2.14. The van der Waals surface area contributed by atoms with Crippen LogP contribution in [0.15, 0.2) is 53.1 Å². The summed E-state index contributed by atoms with van der Waals surface area (Å²) in [5.41, 5.74) is 1.85. The molecule has 3 aromatic rings. The average Bonchev–Trinajstić information content (AvgIpc) is 3.15. The van der Waals surface area contributed by atoms with Gasteiger partial charge >= 0.3 is 0 Å². The van der Waals surface area contributed by atoms with Gasteiger partial charge in [-0.05, 0) is 30.3 Å². The topological polar surface area (TPSA) is 81.8 Å². The van der Waals surface area contributed by atoms with E-state index in [0.29, 0.717) is 47.1 Å². The molecule has 3 rings (SSSR count). The normalized spacial score (nSPS) is 10.5. The van der Waals surface area contributed by atoms with Crippen molar-refractivity contribution in [3.63, 3.8) is 0 Å². The number of aromatic nitrogens is 1. The number of ether oxygens (including phenoxy) is 2. The number of carbonyl (C=O) groups is 1. The van der Waals surface area contributed by atoms with Crippen LogP contribution < -0.4 is 9.47 Å². The van der Waals surface area contributed by atoms with Crippen LogP contribution in [0.4, 0.5) is 0 Å². The molecule has 0 spiro atoms. The fourth-order valence-electron chi connectivity index (χ4n) is 2.63. The number of hydrogen-bond acceptors (Lipinski definition) is 6. The first kappa shape index (κ1) is 17.5. The number of phenolic OH excluding ortho intramolecular Hbond substituents is 1. The number of oxazole rings is 1. The van der Waals surface area contributed by atoms with Gasteiger partial charge < -0.3 is 19.0 Å². The molecular formula is C20H19NO5. The van der Waals surface area contributed by atoms with Crippen LogP contribution in [-0.2, 0) is 6.42 Å². The Kier molecular flexibility index (Phi) is 5.22. The summed E-state index contributed by atoms with van der Waals surface area (Å²) in [6.07, 6.45) is 2.26. The van der Waals surface area contributed by atoms with Gasteiger partial charge in [0.15, 0.2) is 17.3 Å². The van der Waals surface area contributed by atoms with E-state index >= 15 is 0 Å².